The number of sulfonamides is 1. The zero-order valence-electron chi connectivity index (χ0n) is 17.8. The summed E-state index contributed by atoms with van der Waals surface area (Å²) < 4.78 is 29.9. The number of rotatable bonds is 4. The van der Waals surface area contributed by atoms with Gasteiger partial charge in [0, 0.05) is 61.2 Å². The molecule has 0 bridgehead atoms. The molecule has 0 aliphatic carbocycles. The molecule has 0 radical (unpaired) electrons. The Hall–Kier alpha value is -2.95. The Morgan fingerprint density at radius 2 is 1.81 bits per heavy atom. The number of hydrogen-bond donors (Lipinski definition) is 1. The number of amides is 1. The smallest absolute Gasteiger partial charge is 0.257 e. The van der Waals surface area contributed by atoms with Gasteiger partial charge in [-0.2, -0.15) is 4.31 Å². The summed E-state index contributed by atoms with van der Waals surface area (Å²) in [6, 6.07) is 7.33. The quantitative estimate of drug-likeness (QED) is 0.497. The number of nitrogens with zero attached hydrogens (tertiary/aromatic N) is 4. The number of pyridine rings is 1. The van der Waals surface area contributed by atoms with Crippen LogP contribution in [0.25, 0.3) is 16.0 Å². The predicted octanol–water partition coefficient (Wildman–Crippen LogP) is 3.18. The normalized spacial score (nSPS) is 15.5. The lowest BCUT2D eigenvalue weighted by atomic mass is 10.1. The van der Waals surface area contributed by atoms with Crippen LogP contribution in [-0.2, 0) is 10.0 Å². The van der Waals surface area contributed by atoms with E-state index in [1.165, 1.54) is 10.5 Å². The summed E-state index contributed by atoms with van der Waals surface area (Å²) in [5, 5.41) is 1.48. The van der Waals surface area contributed by atoms with Gasteiger partial charge in [0.15, 0.2) is 0 Å². The highest BCUT2D eigenvalue weighted by Gasteiger charge is 2.33. The lowest BCUT2D eigenvalue weighted by molar-refractivity contribution is 0.0697. The first-order valence-electron chi connectivity index (χ1n) is 10.3. The summed E-state index contributed by atoms with van der Waals surface area (Å²) in [6.07, 6.45) is 6.98. The van der Waals surface area contributed by atoms with Crippen LogP contribution in [0.2, 0.25) is 0 Å². The third kappa shape index (κ3) is 3.35. The van der Waals surface area contributed by atoms with Gasteiger partial charge in [0.25, 0.3) is 5.91 Å². The van der Waals surface area contributed by atoms with E-state index >= 15 is 0 Å². The molecule has 0 aromatic carbocycles. The highest BCUT2D eigenvalue weighted by Crippen LogP contribution is 2.32. The molecule has 4 aromatic heterocycles. The highest BCUT2D eigenvalue weighted by atomic mass is 32.2. The molecular weight excluding hydrogens is 446 g/mol. The summed E-state index contributed by atoms with van der Waals surface area (Å²) in [6.45, 7) is 5.18. The Morgan fingerprint density at radius 1 is 1.09 bits per heavy atom. The van der Waals surface area contributed by atoms with E-state index in [0.29, 0.717) is 29.7 Å². The molecule has 1 saturated heterocycles. The zero-order chi connectivity index (χ0) is 22.5. The maximum Gasteiger partial charge on any atom is 0.257 e. The Morgan fingerprint density at radius 3 is 2.53 bits per heavy atom. The van der Waals surface area contributed by atoms with Crippen molar-refractivity contribution in [1.82, 2.24) is 23.7 Å². The number of H-pyrrole nitrogens is 1. The molecule has 4 aromatic rings. The number of hydrogen-bond acceptors (Lipinski definition) is 5. The van der Waals surface area contributed by atoms with Crippen molar-refractivity contribution in [2.24, 2.45) is 0 Å². The number of nitrogens with one attached hydrogen (secondary N) is 1. The van der Waals surface area contributed by atoms with Gasteiger partial charge in [-0.1, -0.05) is 0 Å². The molecule has 1 aliphatic rings. The first-order valence-corrected chi connectivity index (χ1v) is 12.6. The lowest BCUT2D eigenvalue weighted by Gasteiger charge is -2.34. The Kier molecular flexibility index (Phi) is 5.15. The molecule has 1 N–H and O–H groups in total. The molecule has 1 aliphatic heterocycles. The van der Waals surface area contributed by atoms with E-state index in [2.05, 4.69) is 9.97 Å². The maximum absolute atomic E-state index is 13.4. The molecule has 0 unspecified atom stereocenters. The molecule has 10 heteroatoms. The maximum atomic E-state index is 13.4. The Balaban J connectivity index is 1.37. The standard InChI is InChI=1S/C22H23N5O3S2/c1-15-16(2)31-22(26-8-3-4-9-26)19(15)21(28)25-10-12-27(13-11-25)32(29,30)18-14-24-20-17(18)6-5-7-23-20/h3-9,14H,10-13H2,1-2H3,(H,23,24). The van der Waals surface area contributed by atoms with Gasteiger partial charge in [-0.15, -0.1) is 11.3 Å². The molecule has 1 amide bonds. The first kappa shape index (κ1) is 20.9. The van der Waals surface area contributed by atoms with Crippen LogP contribution in [0.5, 0.6) is 0 Å². The van der Waals surface area contributed by atoms with Crippen molar-refractivity contribution < 1.29 is 13.2 Å². The number of aromatic amines is 1. The van der Waals surface area contributed by atoms with Gasteiger partial charge in [0.1, 0.15) is 15.5 Å². The topological polar surface area (TPSA) is 91.3 Å². The number of piperazine rings is 1. The fourth-order valence-corrected chi connectivity index (χ4v) is 6.77. The average molecular weight is 470 g/mol. The van der Waals surface area contributed by atoms with Crippen molar-refractivity contribution in [1.29, 1.82) is 0 Å². The summed E-state index contributed by atoms with van der Waals surface area (Å²) in [4.78, 5) is 23.6. The molecule has 1 fully saturated rings. The highest BCUT2D eigenvalue weighted by molar-refractivity contribution is 7.89. The second kappa shape index (κ2) is 7.88. The van der Waals surface area contributed by atoms with E-state index in [9.17, 15) is 13.2 Å². The van der Waals surface area contributed by atoms with Crippen LogP contribution >= 0.6 is 11.3 Å². The fourth-order valence-electron chi connectivity index (χ4n) is 4.09. The molecule has 5 rings (SSSR count). The lowest BCUT2D eigenvalue weighted by Crippen LogP contribution is -2.50. The SMILES string of the molecule is Cc1sc(-n2cccc2)c(C(=O)N2CCN(S(=O)(=O)c3c[nH]c4ncccc34)CC2)c1C. The van der Waals surface area contributed by atoms with Gasteiger partial charge in [-0.05, 0) is 43.7 Å². The third-order valence-corrected chi connectivity index (χ3v) is 9.14. The molecule has 32 heavy (non-hydrogen) atoms. The Bertz CT molecular complexity index is 1390. The molecule has 0 spiro atoms. The Labute approximate surface area is 190 Å². The monoisotopic (exact) mass is 469 g/mol. The van der Waals surface area contributed by atoms with E-state index in [4.69, 9.17) is 0 Å². The molecule has 166 valence electrons. The summed E-state index contributed by atoms with van der Waals surface area (Å²) in [5.74, 6) is -0.0520. The predicted molar refractivity (Wildman–Crippen MR) is 124 cm³/mol. The van der Waals surface area contributed by atoms with Crippen molar-refractivity contribution in [2.75, 3.05) is 26.2 Å². The van der Waals surface area contributed by atoms with Crippen LogP contribution in [-0.4, -0.2) is 64.2 Å². The minimum Gasteiger partial charge on any atom is -0.345 e. The fraction of sp³-hybridized carbons (Fsp3) is 0.273. The van der Waals surface area contributed by atoms with Crippen molar-refractivity contribution in [2.45, 2.75) is 18.7 Å². The van der Waals surface area contributed by atoms with Crippen molar-refractivity contribution in [3.8, 4) is 5.00 Å². The van der Waals surface area contributed by atoms with Gasteiger partial charge >= 0.3 is 0 Å². The number of aryl methyl sites for hydroxylation is 1. The third-order valence-electron chi connectivity index (χ3n) is 5.98. The van der Waals surface area contributed by atoms with Gasteiger partial charge < -0.3 is 14.5 Å². The van der Waals surface area contributed by atoms with E-state index in [-0.39, 0.29) is 23.9 Å². The van der Waals surface area contributed by atoms with E-state index < -0.39 is 10.0 Å². The molecule has 0 atom stereocenters. The summed E-state index contributed by atoms with van der Waals surface area (Å²) in [5.41, 5.74) is 2.22. The van der Waals surface area contributed by atoms with E-state index in [0.717, 1.165) is 15.4 Å². The zero-order valence-corrected chi connectivity index (χ0v) is 19.4. The summed E-state index contributed by atoms with van der Waals surface area (Å²) >= 11 is 1.59. The first-order chi connectivity index (χ1) is 15.4. The van der Waals surface area contributed by atoms with E-state index in [1.807, 2.05) is 42.9 Å². The number of carbonyl (C=O) groups is 1. The molecular formula is C22H23N5O3S2. The van der Waals surface area contributed by atoms with Gasteiger partial charge in [0.05, 0.1) is 5.56 Å². The molecule has 8 nitrogen and oxygen atoms in total. The van der Waals surface area contributed by atoms with Crippen molar-refractivity contribution >= 4 is 38.3 Å². The van der Waals surface area contributed by atoms with Crippen LogP contribution in [0.1, 0.15) is 20.8 Å². The van der Waals surface area contributed by atoms with Crippen LogP contribution in [0.15, 0.2) is 53.9 Å². The number of aromatic nitrogens is 3. The largest absolute Gasteiger partial charge is 0.345 e. The summed E-state index contributed by atoms with van der Waals surface area (Å²) in [7, 11) is -3.68. The van der Waals surface area contributed by atoms with Crippen molar-refractivity contribution in [3.05, 3.63) is 65.1 Å². The second-order valence-electron chi connectivity index (χ2n) is 7.80. The van der Waals surface area contributed by atoms with Crippen molar-refractivity contribution in [3.63, 3.8) is 0 Å². The molecule has 0 saturated carbocycles. The van der Waals surface area contributed by atoms with Gasteiger partial charge in [-0.25, -0.2) is 13.4 Å². The van der Waals surface area contributed by atoms with Gasteiger partial charge in [-0.3, -0.25) is 4.79 Å². The van der Waals surface area contributed by atoms with Crippen LogP contribution in [0.4, 0.5) is 0 Å². The van der Waals surface area contributed by atoms with Crippen LogP contribution < -0.4 is 0 Å². The number of carbonyl (C=O) groups excluding carboxylic acids is 1. The van der Waals surface area contributed by atoms with Crippen LogP contribution in [0, 0.1) is 13.8 Å². The van der Waals surface area contributed by atoms with E-state index in [1.54, 1.807) is 34.6 Å². The number of thiophene rings is 1. The average Bonchev–Trinajstić information content (AvgIpc) is 3.53. The van der Waals surface area contributed by atoms with Gasteiger partial charge in [0.2, 0.25) is 10.0 Å². The molecule has 5 heterocycles. The minimum atomic E-state index is -3.68. The van der Waals surface area contributed by atoms with Crippen LogP contribution in [0.3, 0.4) is 0 Å². The second-order valence-corrected chi connectivity index (χ2v) is 10.9. The minimum absolute atomic E-state index is 0.0520. The number of fused-ring (bicyclic) bond motifs is 1.